The van der Waals surface area contributed by atoms with Gasteiger partial charge < -0.3 is 20.1 Å². The number of anilines is 1. The number of guanidine groups is 1. The molecule has 8 nitrogen and oxygen atoms in total. The third-order valence-corrected chi connectivity index (χ3v) is 6.01. The Labute approximate surface area is 196 Å². The van der Waals surface area contributed by atoms with Crippen LogP contribution in [0.4, 0.5) is 5.82 Å². The Balaban J connectivity index is 0.00000256. The molecule has 1 saturated heterocycles. The Morgan fingerprint density at radius 3 is 2.60 bits per heavy atom. The highest BCUT2D eigenvalue weighted by Crippen LogP contribution is 2.19. The van der Waals surface area contributed by atoms with Crippen molar-refractivity contribution in [1.29, 1.82) is 0 Å². The van der Waals surface area contributed by atoms with E-state index >= 15 is 0 Å². The lowest BCUT2D eigenvalue weighted by Crippen LogP contribution is -2.48. The van der Waals surface area contributed by atoms with Gasteiger partial charge in [0, 0.05) is 38.4 Å². The fourth-order valence-corrected chi connectivity index (χ4v) is 4.13. The Kier molecular flexibility index (Phi) is 8.29. The summed E-state index contributed by atoms with van der Waals surface area (Å²) >= 11 is 0. The van der Waals surface area contributed by atoms with Gasteiger partial charge in [0.1, 0.15) is 18.2 Å². The second-order valence-corrected chi connectivity index (χ2v) is 8.13. The van der Waals surface area contributed by atoms with E-state index in [2.05, 4.69) is 36.8 Å². The number of aryl methyl sites for hydroxylation is 1. The molecule has 2 aliphatic rings. The molecule has 2 fully saturated rings. The van der Waals surface area contributed by atoms with Crippen molar-refractivity contribution in [2.75, 3.05) is 18.0 Å². The minimum atomic E-state index is 0. The van der Waals surface area contributed by atoms with Crippen LogP contribution in [0.2, 0.25) is 0 Å². The predicted molar refractivity (Wildman–Crippen MR) is 130 cm³/mol. The zero-order valence-electron chi connectivity index (χ0n) is 17.9. The van der Waals surface area contributed by atoms with E-state index in [1.54, 1.807) is 0 Å². The zero-order chi connectivity index (χ0) is 20.1. The van der Waals surface area contributed by atoms with E-state index in [-0.39, 0.29) is 24.0 Å². The minimum absolute atomic E-state index is 0. The van der Waals surface area contributed by atoms with Crippen molar-refractivity contribution in [1.82, 2.24) is 30.4 Å². The molecular weight excluding hydrogens is 491 g/mol. The van der Waals surface area contributed by atoms with Crippen molar-refractivity contribution in [3.05, 3.63) is 36.0 Å². The topological polar surface area (TPSA) is 83.3 Å². The molecule has 0 bridgehead atoms. The van der Waals surface area contributed by atoms with Crippen molar-refractivity contribution in [2.24, 2.45) is 12.0 Å². The van der Waals surface area contributed by atoms with Crippen LogP contribution in [0.25, 0.3) is 0 Å². The van der Waals surface area contributed by atoms with Crippen LogP contribution in [0.3, 0.4) is 0 Å². The van der Waals surface area contributed by atoms with Gasteiger partial charge in [-0.2, -0.15) is 0 Å². The fraction of sp³-hybridized carbons (Fsp3) is 0.619. The van der Waals surface area contributed by atoms with E-state index in [4.69, 9.17) is 4.99 Å². The number of hydrogen-bond donors (Lipinski definition) is 2. The standard InChI is InChI=1S/C21H32N8.HI/c1-16-26-27-20(28(16)2)14-23-21(24-17-8-4-3-5-9-17)25-18-11-13-29(15-18)19-10-6-7-12-22-19;/h6-7,10,12,17-18H,3-5,8-9,11,13-15H2,1-2H3,(H2,23,24,25);1H. The van der Waals surface area contributed by atoms with Crippen LogP contribution in [0, 0.1) is 6.92 Å². The Bertz CT molecular complexity index is 816. The van der Waals surface area contributed by atoms with Crippen LogP contribution in [0.15, 0.2) is 29.4 Å². The summed E-state index contributed by atoms with van der Waals surface area (Å²) in [5.74, 6) is 3.73. The van der Waals surface area contributed by atoms with Crippen molar-refractivity contribution < 1.29 is 0 Å². The molecule has 2 aromatic heterocycles. The lowest BCUT2D eigenvalue weighted by molar-refractivity contribution is 0.408. The zero-order valence-corrected chi connectivity index (χ0v) is 20.2. The van der Waals surface area contributed by atoms with Gasteiger partial charge in [-0.05, 0) is 38.3 Å². The van der Waals surface area contributed by atoms with E-state index in [9.17, 15) is 0 Å². The number of nitrogens with one attached hydrogen (secondary N) is 2. The van der Waals surface area contributed by atoms with Gasteiger partial charge in [0.2, 0.25) is 0 Å². The van der Waals surface area contributed by atoms with Gasteiger partial charge in [0.15, 0.2) is 11.8 Å². The quantitative estimate of drug-likeness (QED) is 0.356. The van der Waals surface area contributed by atoms with Gasteiger partial charge in [-0.25, -0.2) is 9.98 Å². The Morgan fingerprint density at radius 1 is 1.10 bits per heavy atom. The average molecular weight is 524 g/mol. The number of aliphatic imine (C=N–C) groups is 1. The molecule has 0 spiro atoms. The average Bonchev–Trinajstić information content (AvgIpc) is 3.35. The van der Waals surface area contributed by atoms with Gasteiger partial charge in [0.05, 0.1) is 0 Å². The first-order chi connectivity index (χ1) is 14.2. The summed E-state index contributed by atoms with van der Waals surface area (Å²) in [5.41, 5.74) is 0. The van der Waals surface area contributed by atoms with E-state index in [0.29, 0.717) is 18.6 Å². The van der Waals surface area contributed by atoms with Crippen LogP contribution in [-0.2, 0) is 13.6 Å². The summed E-state index contributed by atoms with van der Waals surface area (Å²) in [6.45, 7) is 4.43. The molecule has 0 aromatic carbocycles. The van der Waals surface area contributed by atoms with E-state index in [0.717, 1.165) is 42.9 Å². The second kappa shape index (κ2) is 10.9. The molecule has 1 aliphatic carbocycles. The molecule has 1 unspecified atom stereocenters. The molecule has 9 heteroatoms. The molecule has 164 valence electrons. The van der Waals surface area contributed by atoms with Crippen LogP contribution in [0.1, 0.15) is 50.2 Å². The molecule has 30 heavy (non-hydrogen) atoms. The number of rotatable bonds is 5. The molecule has 1 aliphatic heterocycles. The number of halogens is 1. The summed E-state index contributed by atoms with van der Waals surface area (Å²) < 4.78 is 2.00. The summed E-state index contributed by atoms with van der Waals surface area (Å²) in [5, 5.41) is 15.8. The van der Waals surface area contributed by atoms with Gasteiger partial charge in [-0.3, -0.25) is 0 Å². The lowest BCUT2D eigenvalue weighted by Gasteiger charge is -2.26. The molecular formula is C21H33IN8. The molecule has 1 atom stereocenters. The Morgan fingerprint density at radius 2 is 1.90 bits per heavy atom. The maximum absolute atomic E-state index is 4.86. The van der Waals surface area contributed by atoms with E-state index in [1.807, 2.05) is 36.9 Å². The third-order valence-electron chi connectivity index (χ3n) is 6.01. The van der Waals surface area contributed by atoms with Crippen molar-refractivity contribution in [3.63, 3.8) is 0 Å². The highest BCUT2D eigenvalue weighted by Gasteiger charge is 2.25. The smallest absolute Gasteiger partial charge is 0.192 e. The van der Waals surface area contributed by atoms with Crippen molar-refractivity contribution >= 4 is 35.8 Å². The van der Waals surface area contributed by atoms with Gasteiger partial charge in [-0.1, -0.05) is 25.3 Å². The first-order valence-electron chi connectivity index (χ1n) is 10.8. The molecule has 4 rings (SSSR count). The van der Waals surface area contributed by atoms with Crippen LogP contribution in [-0.4, -0.2) is 50.9 Å². The lowest BCUT2D eigenvalue weighted by atomic mass is 9.96. The number of nitrogens with zero attached hydrogens (tertiary/aromatic N) is 6. The molecule has 0 amide bonds. The van der Waals surface area contributed by atoms with Crippen LogP contribution in [0.5, 0.6) is 0 Å². The summed E-state index contributed by atoms with van der Waals surface area (Å²) in [4.78, 5) is 11.7. The number of pyridine rings is 1. The van der Waals surface area contributed by atoms with Gasteiger partial charge >= 0.3 is 0 Å². The highest BCUT2D eigenvalue weighted by atomic mass is 127. The summed E-state index contributed by atoms with van der Waals surface area (Å²) in [6.07, 6.45) is 9.30. The summed E-state index contributed by atoms with van der Waals surface area (Å²) in [7, 11) is 1.99. The van der Waals surface area contributed by atoms with E-state index in [1.165, 1.54) is 32.1 Å². The molecule has 3 heterocycles. The maximum atomic E-state index is 4.86. The second-order valence-electron chi connectivity index (χ2n) is 8.13. The maximum Gasteiger partial charge on any atom is 0.192 e. The van der Waals surface area contributed by atoms with Gasteiger partial charge in [-0.15, -0.1) is 34.2 Å². The van der Waals surface area contributed by atoms with Crippen molar-refractivity contribution in [3.8, 4) is 0 Å². The SMILES string of the molecule is Cc1nnc(CN=C(NC2CCCCC2)NC2CCN(c3ccccn3)C2)n1C.I. The number of aromatic nitrogens is 4. The van der Waals surface area contributed by atoms with Crippen LogP contribution < -0.4 is 15.5 Å². The Hall–Kier alpha value is -1.91. The first-order valence-corrected chi connectivity index (χ1v) is 10.8. The normalized spacial score (nSPS) is 20.1. The monoisotopic (exact) mass is 524 g/mol. The molecule has 2 aromatic rings. The highest BCUT2D eigenvalue weighted by molar-refractivity contribution is 14.0. The van der Waals surface area contributed by atoms with Crippen LogP contribution >= 0.6 is 24.0 Å². The third kappa shape index (κ3) is 5.83. The summed E-state index contributed by atoms with van der Waals surface area (Å²) in [6, 6.07) is 6.94. The van der Waals surface area contributed by atoms with Crippen molar-refractivity contribution in [2.45, 2.75) is 64.1 Å². The first kappa shape index (κ1) is 22.8. The molecule has 2 N–H and O–H groups in total. The molecule has 0 radical (unpaired) electrons. The van der Waals surface area contributed by atoms with Gasteiger partial charge in [0.25, 0.3) is 0 Å². The van der Waals surface area contributed by atoms with E-state index < -0.39 is 0 Å². The predicted octanol–water partition coefficient (Wildman–Crippen LogP) is 2.78. The minimum Gasteiger partial charge on any atom is -0.354 e. The largest absolute Gasteiger partial charge is 0.354 e. The fourth-order valence-electron chi connectivity index (χ4n) is 4.13. The number of hydrogen-bond acceptors (Lipinski definition) is 5. The molecule has 1 saturated carbocycles.